The van der Waals surface area contributed by atoms with Crippen LogP contribution in [0.2, 0.25) is 0 Å². The van der Waals surface area contributed by atoms with Crippen molar-refractivity contribution in [2.24, 2.45) is 5.73 Å². The summed E-state index contributed by atoms with van der Waals surface area (Å²) in [7, 11) is 0. The molecule has 0 unspecified atom stereocenters. The summed E-state index contributed by atoms with van der Waals surface area (Å²) >= 11 is 0. The third kappa shape index (κ3) is 4.28. The maximum absolute atomic E-state index is 12.3. The fraction of sp³-hybridized carbons (Fsp3) is 0.611. The van der Waals surface area contributed by atoms with E-state index in [1.54, 1.807) is 6.20 Å². The number of carbonyl (C=O) groups excluding carboxylic acids is 2. The molecular formula is C18H27N5O2. The Morgan fingerprint density at radius 2 is 1.88 bits per heavy atom. The van der Waals surface area contributed by atoms with Gasteiger partial charge in [-0.3, -0.25) is 9.59 Å². The zero-order valence-corrected chi connectivity index (χ0v) is 14.6. The molecule has 25 heavy (non-hydrogen) atoms. The zero-order valence-electron chi connectivity index (χ0n) is 14.6. The van der Waals surface area contributed by atoms with E-state index < -0.39 is 5.54 Å². The van der Waals surface area contributed by atoms with Crippen molar-refractivity contribution in [3.8, 4) is 0 Å². The molecule has 3 N–H and O–H groups in total. The first kappa shape index (κ1) is 17.7. The van der Waals surface area contributed by atoms with Crippen LogP contribution in [-0.2, 0) is 9.59 Å². The molecule has 2 fully saturated rings. The molecule has 1 aliphatic carbocycles. The molecule has 2 heterocycles. The largest absolute Gasteiger partial charge is 0.354 e. The Labute approximate surface area is 148 Å². The second-order valence-corrected chi connectivity index (χ2v) is 6.92. The predicted molar refractivity (Wildman–Crippen MR) is 96.0 cm³/mol. The fourth-order valence-electron chi connectivity index (χ4n) is 3.58. The zero-order chi connectivity index (χ0) is 17.7. The van der Waals surface area contributed by atoms with Crippen LogP contribution in [0, 0.1) is 0 Å². The highest BCUT2D eigenvalue weighted by Gasteiger charge is 2.36. The molecule has 7 heteroatoms. The van der Waals surface area contributed by atoms with Crippen LogP contribution in [0.3, 0.4) is 0 Å². The number of carbonyl (C=O) groups is 2. The van der Waals surface area contributed by atoms with Crippen LogP contribution in [0.15, 0.2) is 24.4 Å². The first-order chi connectivity index (χ1) is 12.1. The highest BCUT2D eigenvalue weighted by atomic mass is 16.2. The molecule has 1 saturated heterocycles. The van der Waals surface area contributed by atoms with Gasteiger partial charge < -0.3 is 20.9 Å². The summed E-state index contributed by atoms with van der Waals surface area (Å²) in [6.07, 6.45) is 5.59. The molecule has 3 rings (SSSR count). The van der Waals surface area contributed by atoms with Crippen molar-refractivity contribution < 1.29 is 9.59 Å². The second kappa shape index (κ2) is 7.82. The summed E-state index contributed by atoms with van der Waals surface area (Å²) < 4.78 is 0. The minimum Gasteiger partial charge on any atom is -0.354 e. The predicted octanol–water partition coefficient (Wildman–Crippen LogP) is 0.508. The summed E-state index contributed by atoms with van der Waals surface area (Å²) in [5, 5.41) is 2.84. The average molecular weight is 345 g/mol. The van der Waals surface area contributed by atoms with Crippen molar-refractivity contribution >= 4 is 17.6 Å². The lowest BCUT2D eigenvalue weighted by atomic mass is 9.98. The molecule has 0 spiro atoms. The van der Waals surface area contributed by atoms with E-state index in [0.29, 0.717) is 26.1 Å². The van der Waals surface area contributed by atoms with E-state index >= 15 is 0 Å². The summed E-state index contributed by atoms with van der Waals surface area (Å²) in [5.41, 5.74) is 5.39. The lowest BCUT2D eigenvalue weighted by molar-refractivity contribution is -0.131. The number of hydrogen-bond donors (Lipinski definition) is 2. The highest BCUT2D eigenvalue weighted by Crippen LogP contribution is 2.27. The Kier molecular flexibility index (Phi) is 5.53. The number of nitrogens with zero attached hydrogens (tertiary/aromatic N) is 3. The third-order valence-corrected chi connectivity index (χ3v) is 5.18. The smallest absolute Gasteiger partial charge is 0.240 e. The summed E-state index contributed by atoms with van der Waals surface area (Å²) in [4.78, 5) is 32.9. The number of piperazine rings is 1. The molecule has 7 nitrogen and oxygen atoms in total. The first-order valence-electron chi connectivity index (χ1n) is 9.09. The number of anilines is 1. The van der Waals surface area contributed by atoms with Crippen LogP contribution in [0.1, 0.15) is 32.1 Å². The van der Waals surface area contributed by atoms with Crippen LogP contribution in [0.5, 0.6) is 0 Å². The second-order valence-electron chi connectivity index (χ2n) is 6.92. The normalized spacial score (nSPS) is 19.7. The van der Waals surface area contributed by atoms with Gasteiger partial charge in [0.1, 0.15) is 5.82 Å². The van der Waals surface area contributed by atoms with Crippen LogP contribution >= 0.6 is 0 Å². The molecule has 1 aliphatic heterocycles. The molecular weight excluding hydrogens is 318 g/mol. The van der Waals surface area contributed by atoms with Crippen LogP contribution < -0.4 is 16.0 Å². The molecule has 2 aliphatic rings. The Balaban J connectivity index is 1.39. The van der Waals surface area contributed by atoms with Gasteiger partial charge in [-0.05, 0) is 25.0 Å². The van der Waals surface area contributed by atoms with Crippen molar-refractivity contribution in [3.05, 3.63) is 24.4 Å². The van der Waals surface area contributed by atoms with E-state index in [0.717, 1.165) is 44.6 Å². The van der Waals surface area contributed by atoms with Crippen LogP contribution in [0.25, 0.3) is 0 Å². The monoisotopic (exact) mass is 345 g/mol. The van der Waals surface area contributed by atoms with E-state index in [2.05, 4.69) is 15.2 Å². The fourth-order valence-corrected chi connectivity index (χ4v) is 3.58. The lowest BCUT2D eigenvalue weighted by Crippen LogP contribution is -2.53. The standard InChI is InChI=1S/C18H27N5O2/c19-18(7-2-3-8-18)17(25)21-10-6-16(24)23-13-11-22(12-14-23)15-5-1-4-9-20-15/h1,4-5,9H,2-3,6-8,10-14,19H2,(H,21,25). The molecule has 136 valence electrons. The van der Waals surface area contributed by atoms with Crippen molar-refractivity contribution in [3.63, 3.8) is 0 Å². The van der Waals surface area contributed by atoms with E-state index in [4.69, 9.17) is 5.73 Å². The number of pyridine rings is 1. The van der Waals surface area contributed by atoms with Crippen molar-refractivity contribution in [1.82, 2.24) is 15.2 Å². The SMILES string of the molecule is NC1(C(=O)NCCC(=O)N2CCN(c3ccccn3)CC2)CCCC1. The van der Waals surface area contributed by atoms with E-state index in [1.165, 1.54) is 0 Å². The van der Waals surface area contributed by atoms with Gasteiger partial charge in [-0.25, -0.2) is 4.98 Å². The maximum atomic E-state index is 12.3. The van der Waals surface area contributed by atoms with Crippen LogP contribution in [-0.4, -0.2) is 60.0 Å². The first-order valence-corrected chi connectivity index (χ1v) is 9.09. The molecule has 1 aromatic heterocycles. The Morgan fingerprint density at radius 1 is 1.16 bits per heavy atom. The number of aromatic nitrogens is 1. The van der Waals surface area contributed by atoms with E-state index in [-0.39, 0.29) is 11.8 Å². The number of rotatable bonds is 5. The van der Waals surface area contributed by atoms with Gasteiger partial charge in [0, 0.05) is 45.3 Å². The lowest BCUT2D eigenvalue weighted by Gasteiger charge is -2.35. The number of hydrogen-bond acceptors (Lipinski definition) is 5. The average Bonchev–Trinajstić information content (AvgIpc) is 3.10. The van der Waals surface area contributed by atoms with Crippen molar-refractivity contribution in [2.75, 3.05) is 37.6 Å². The molecule has 0 aromatic carbocycles. The van der Waals surface area contributed by atoms with E-state index in [9.17, 15) is 9.59 Å². The van der Waals surface area contributed by atoms with Crippen LogP contribution in [0.4, 0.5) is 5.82 Å². The molecule has 0 atom stereocenters. The quantitative estimate of drug-likeness (QED) is 0.811. The minimum atomic E-state index is -0.725. The Bertz CT molecular complexity index is 593. The highest BCUT2D eigenvalue weighted by molar-refractivity contribution is 5.87. The number of nitrogens with two attached hydrogens (primary N) is 1. The molecule has 1 aromatic rings. The van der Waals surface area contributed by atoms with Crippen molar-refractivity contribution in [1.29, 1.82) is 0 Å². The van der Waals surface area contributed by atoms with Gasteiger partial charge in [0.05, 0.1) is 5.54 Å². The van der Waals surface area contributed by atoms with E-state index in [1.807, 2.05) is 23.1 Å². The number of nitrogens with one attached hydrogen (secondary N) is 1. The number of amides is 2. The van der Waals surface area contributed by atoms with Gasteiger partial charge in [-0.15, -0.1) is 0 Å². The summed E-state index contributed by atoms with van der Waals surface area (Å²) in [5.74, 6) is 0.919. The minimum absolute atomic E-state index is 0.0819. The van der Waals surface area contributed by atoms with Gasteiger partial charge in [0.15, 0.2) is 0 Å². The molecule has 0 bridgehead atoms. The summed E-state index contributed by atoms with van der Waals surface area (Å²) in [6, 6.07) is 5.85. The van der Waals surface area contributed by atoms with Crippen molar-refractivity contribution in [2.45, 2.75) is 37.6 Å². The molecule has 1 saturated carbocycles. The maximum Gasteiger partial charge on any atom is 0.240 e. The van der Waals surface area contributed by atoms with Gasteiger partial charge >= 0.3 is 0 Å². The van der Waals surface area contributed by atoms with Gasteiger partial charge in [-0.2, -0.15) is 0 Å². The molecule has 2 amide bonds. The van der Waals surface area contributed by atoms with Gasteiger partial charge in [0.2, 0.25) is 11.8 Å². The van der Waals surface area contributed by atoms with Gasteiger partial charge in [0.25, 0.3) is 0 Å². The third-order valence-electron chi connectivity index (χ3n) is 5.18. The topological polar surface area (TPSA) is 91.6 Å². The Hall–Kier alpha value is -2.15. The Morgan fingerprint density at radius 3 is 2.52 bits per heavy atom. The summed E-state index contributed by atoms with van der Waals surface area (Å²) in [6.45, 7) is 3.29. The molecule has 0 radical (unpaired) electrons. The van der Waals surface area contributed by atoms with Gasteiger partial charge in [-0.1, -0.05) is 18.9 Å².